The van der Waals surface area contributed by atoms with Gasteiger partial charge in [-0.05, 0) is 52.0 Å². The zero-order valence-electron chi connectivity index (χ0n) is 9.10. The molecule has 2 rings (SSSR count). The molecule has 1 aliphatic carbocycles. The van der Waals surface area contributed by atoms with Gasteiger partial charge in [-0.3, -0.25) is 4.79 Å². The molecule has 0 spiro atoms. The molecule has 1 amide bonds. The maximum atomic E-state index is 11.8. The molecule has 80 valence electrons. The van der Waals surface area contributed by atoms with Crippen LogP contribution < -0.4 is 10.6 Å². The highest BCUT2D eigenvalue weighted by molar-refractivity contribution is 5.82. The van der Waals surface area contributed by atoms with Crippen molar-refractivity contribution in [3.05, 3.63) is 0 Å². The second-order valence-corrected chi connectivity index (χ2v) is 5.13. The van der Waals surface area contributed by atoms with Gasteiger partial charge in [0.25, 0.3) is 0 Å². The number of hydrogen-bond acceptors (Lipinski definition) is 2. The summed E-state index contributed by atoms with van der Waals surface area (Å²) in [7, 11) is 0. The molecule has 2 fully saturated rings. The summed E-state index contributed by atoms with van der Waals surface area (Å²) in [5.41, 5.74) is 0.00134. The second kappa shape index (κ2) is 3.54. The third-order valence-electron chi connectivity index (χ3n) is 3.42. The van der Waals surface area contributed by atoms with Gasteiger partial charge in [-0.2, -0.15) is 0 Å². The highest BCUT2D eigenvalue weighted by Crippen LogP contribution is 2.39. The molecule has 0 aromatic rings. The summed E-state index contributed by atoms with van der Waals surface area (Å²) in [6.07, 6.45) is 4.66. The summed E-state index contributed by atoms with van der Waals surface area (Å²) in [5.74, 6) is 0.896. The van der Waals surface area contributed by atoms with Crippen LogP contribution in [0.1, 0.15) is 39.5 Å². The molecule has 0 aromatic carbocycles. The predicted octanol–water partition coefficient (Wildman–Crippen LogP) is 1.04. The maximum Gasteiger partial charge on any atom is 0.237 e. The van der Waals surface area contributed by atoms with Crippen LogP contribution in [0.15, 0.2) is 0 Å². The van der Waals surface area contributed by atoms with Crippen molar-refractivity contribution in [2.45, 2.75) is 51.1 Å². The van der Waals surface area contributed by atoms with Crippen molar-refractivity contribution < 1.29 is 4.79 Å². The average molecular weight is 196 g/mol. The third-order valence-corrected chi connectivity index (χ3v) is 3.42. The van der Waals surface area contributed by atoms with Crippen LogP contribution in [0.5, 0.6) is 0 Å². The second-order valence-electron chi connectivity index (χ2n) is 5.13. The quantitative estimate of drug-likeness (QED) is 0.708. The smallest absolute Gasteiger partial charge is 0.237 e. The van der Waals surface area contributed by atoms with E-state index in [0.29, 0.717) is 5.92 Å². The Bertz CT molecular complexity index is 227. The van der Waals surface area contributed by atoms with Gasteiger partial charge >= 0.3 is 0 Å². The SMILES string of the molecule is CC(C)(NC(=O)C1CCCN1)C1CC1. The summed E-state index contributed by atoms with van der Waals surface area (Å²) in [6, 6.07) is 0.0630. The lowest BCUT2D eigenvalue weighted by atomic mass is 9.98. The number of hydrogen-bond donors (Lipinski definition) is 2. The summed E-state index contributed by atoms with van der Waals surface area (Å²) in [4.78, 5) is 11.8. The topological polar surface area (TPSA) is 41.1 Å². The lowest BCUT2D eigenvalue weighted by Gasteiger charge is -2.27. The molecule has 1 saturated heterocycles. The first-order valence-corrected chi connectivity index (χ1v) is 5.65. The zero-order valence-corrected chi connectivity index (χ0v) is 9.10. The number of carbonyl (C=O) groups is 1. The van der Waals surface area contributed by atoms with Gasteiger partial charge in [0.1, 0.15) is 0 Å². The highest BCUT2D eigenvalue weighted by atomic mass is 16.2. The molecule has 1 unspecified atom stereocenters. The monoisotopic (exact) mass is 196 g/mol. The average Bonchev–Trinajstić information content (AvgIpc) is 2.82. The number of nitrogens with one attached hydrogen (secondary N) is 2. The van der Waals surface area contributed by atoms with Crippen molar-refractivity contribution in [1.82, 2.24) is 10.6 Å². The Hall–Kier alpha value is -0.570. The highest BCUT2D eigenvalue weighted by Gasteiger charge is 2.39. The Morgan fingerprint density at radius 3 is 2.57 bits per heavy atom. The normalized spacial score (nSPS) is 27.7. The molecule has 0 radical (unpaired) electrons. The minimum absolute atomic E-state index is 0.00134. The lowest BCUT2D eigenvalue weighted by Crippen LogP contribution is -2.51. The summed E-state index contributed by atoms with van der Waals surface area (Å²) >= 11 is 0. The van der Waals surface area contributed by atoms with Crippen LogP contribution in [0, 0.1) is 5.92 Å². The van der Waals surface area contributed by atoms with Gasteiger partial charge in [0, 0.05) is 5.54 Å². The van der Waals surface area contributed by atoms with E-state index in [4.69, 9.17) is 0 Å². The molecule has 14 heavy (non-hydrogen) atoms. The fourth-order valence-electron chi connectivity index (χ4n) is 2.22. The zero-order chi connectivity index (χ0) is 10.2. The summed E-state index contributed by atoms with van der Waals surface area (Å²) in [5, 5.41) is 6.38. The van der Waals surface area contributed by atoms with E-state index in [0.717, 1.165) is 19.4 Å². The Morgan fingerprint density at radius 1 is 1.36 bits per heavy atom. The molecule has 1 atom stereocenters. The van der Waals surface area contributed by atoms with Crippen LogP contribution in [-0.2, 0) is 4.79 Å². The number of rotatable bonds is 3. The van der Waals surface area contributed by atoms with E-state index >= 15 is 0 Å². The fourth-order valence-corrected chi connectivity index (χ4v) is 2.22. The molecule has 1 saturated carbocycles. The van der Waals surface area contributed by atoms with Gasteiger partial charge < -0.3 is 10.6 Å². The van der Waals surface area contributed by atoms with Crippen molar-refractivity contribution in [3.8, 4) is 0 Å². The molecule has 2 N–H and O–H groups in total. The molecule has 1 aliphatic heterocycles. The molecule has 0 bridgehead atoms. The van der Waals surface area contributed by atoms with Crippen molar-refractivity contribution in [2.75, 3.05) is 6.54 Å². The minimum atomic E-state index is 0.00134. The Balaban J connectivity index is 1.86. The van der Waals surface area contributed by atoms with Crippen LogP contribution in [0.3, 0.4) is 0 Å². The van der Waals surface area contributed by atoms with Crippen molar-refractivity contribution >= 4 is 5.91 Å². The van der Waals surface area contributed by atoms with Crippen molar-refractivity contribution in [1.29, 1.82) is 0 Å². The molecule has 3 nitrogen and oxygen atoms in total. The van der Waals surface area contributed by atoms with E-state index in [1.807, 2.05) is 0 Å². The first-order chi connectivity index (χ1) is 6.59. The van der Waals surface area contributed by atoms with Crippen LogP contribution in [0.2, 0.25) is 0 Å². The maximum absolute atomic E-state index is 11.8. The lowest BCUT2D eigenvalue weighted by molar-refractivity contribution is -0.124. The fraction of sp³-hybridized carbons (Fsp3) is 0.909. The van der Waals surface area contributed by atoms with E-state index < -0.39 is 0 Å². The van der Waals surface area contributed by atoms with Gasteiger partial charge in [-0.25, -0.2) is 0 Å². The standard InChI is InChI=1S/C11H20N2O/c1-11(2,8-5-6-8)13-10(14)9-4-3-7-12-9/h8-9,12H,3-7H2,1-2H3,(H,13,14). The molecule has 0 aromatic heterocycles. The van der Waals surface area contributed by atoms with E-state index in [1.54, 1.807) is 0 Å². The largest absolute Gasteiger partial charge is 0.350 e. The molecular weight excluding hydrogens is 176 g/mol. The van der Waals surface area contributed by atoms with Gasteiger partial charge in [-0.1, -0.05) is 0 Å². The first kappa shape index (κ1) is 9.97. The van der Waals surface area contributed by atoms with Gasteiger partial charge in [0.15, 0.2) is 0 Å². The minimum Gasteiger partial charge on any atom is -0.350 e. The van der Waals surface area contributed by atoms with Crippen LogP contribution in [0.4, 0.5) is 0 Å². The van der Waals surface area contributed by atoms with E-state index in [9.17, 15) is 4.79 Å². The van der Waals surface area contributed by atoms with E-state index in [2.05, 4.69) is 24.5 Å². The Labute approximate surface area is 85.6 Å². The number of amides is 1. The van der Waals surface area contributed by atoms with Gasteiger partial charge in [0.05, 0.1) is 6.04 Å². The van der Waals surface area contributed by atoms with Crippen LogP contribution in [0.25, 0.3) is 0 Å². The molecule has 2 aliphatic rings. The summed E-state index contributed by atoms with van der Waals surface area (Å²) < 4.78 is 0. The van der Waals surface area contributed by atoms with Crippen molar-refractivity contribution in [3.63, 3.8) is 0 Å². The molecule has 3 heteroatoms. The number of carbonyl (C=O) groups excluding carboxylic acids is 1. The molecule has 1 heterocycles. The molecular formula is C11H20N2O. The van der Waals surface area contributed by atoms with Crippen LogP contribution in [-0.4, -0.2) is 24.0 Å². The van der Waals surface area contributed by atoms with Crippen LogP contribution >= 0.6 is 0 Å². The third kappa shape index (κ3) is 2.08. The van der Waals surface area contributed by atoms with Crippen molar-refractivity contribution in [2.24, 2.45) is 5.92 Å². The predicted molar refractivity (Wildman–Crippen MR) is 56.0 cm³/mol. The van der Waals surface area contributed by atoms with E-state index in [1.165, 1.54) is 12.8 Å². The van der Waals surface area contributed by atoms with Gasteiger partial charge in [-0.15, -0.1) is 0 Å². The van der Waals surface area contributed by atoms with Gasteiger partial charge in [0.2, 0.25) is 5.91 Å². The first-order valence-electron chi connectivity index (χ1n) is 5.65. The van der Waals surface area contributed by atoms with E-state index in [-0.39, 0.29) is 17.5 Å². The Kier molecular flexibility index (Phi) is 2.52. The summed E-state index contributed by atoms with van der Waals surface area (Å²) in [6.45, 7) is 5.26. The Morgan fingerprint density at radius 2 is 2.07 bits per heavy atom.